The molecule has 0 saturated heterocycles. The van der Waals surface area contributed by atoms with E-state index in [1.165, 1.54) is 19.2 Å². The molecule has 0 unspecified atom stereocenters. The number of nitrogens with zero attached hydrogens (tertiary/aromatic N) is 2. The van der Waals surface area contributed by atoms with Gasteiger partial charge in [-0.3, -0.25) is 10.1 Å². The molecule has 0 aliphatic carbocycles. The van der Waals surface area contributed by atoms with Crippen LogP contribution in [0.25, 0.3) is 0 Å². The quantitative estimate of drug-likeness (QED) is 0.672. The van der Waals surface area contributed by atoms with Gasteiger partial charge in [-0.25, -0.2) is 9.37 Å². The van der Waals surface area contributed by atoms with E-state index in [1.807, 2.05) is 6.92 Å². The van der Waals surface area contributed by atoms with Crippen molar-refractivity contribution in [2.75, 3.05) is 11.9 Å². The Bertz CT molecular complexity index is 677. The van der Waals surface area contributed by atoms with Crippen LogP contribution in [-0.2, 0) is 0 Å². The van der Waals surface area contributed by atoms with Crippen LogP contribution in [0.1, 0.15) is 12.5 Å². The van der Waals surface area contributed by atoms with E-state index in [4.69, 9.17) is 4.74 Å². The lowest BCUT2D eigenvalue weighted by Crippen LogP contribution is -1.99. The molecule has 21 heavy (non-hydrogen) atoms. The van der Waals surface area contributed by atoms with Gasteiger partial charge in [0.15, 0.2) is 11.6 Å². The van der Waals surface area contributed by atoms with Crippen molar-refractivity contribution in [3.05, 3.63) is 52.0 Å². The van der Waals surface area contributed by atoms with E-state index < -0.39 is 10.7 Å². The van der Waals surface area contributed by atoms with Crippen molar-refractivity contribution in [1.29, 1.82) is 0 Å². The lowest BCUT2D eigenvalue weighted by atomic mass is 10.2. The first-order valence-electron chi connectivity index (χ1n) is 6.33. The van der Waals surface area contributed by atoms with Crippen molar-refractivity contribution < 1.29 is 14.1 Å². The number of pyridine rings is 1. The van der Waals surface area contributed by atoms with Crippen LogP contribution in [-0.4, -0.2) is 16.5 Å². The highest BCUT2D eigenvalue weighted by atomic mass is 19.1. The summed E-state index contributed by atoms with van der Waals surface area (Å²) in [5.74, 6) is 0.156. The maximum Gasteiger partial charge on any atom is 0.275 e. The number of nitrogens with one attached hydrogen (secondary N) is 1. The molecule has 0 radical (unpaired) electrons. The Morgan fingerprint density at radius 2 is 2.19 bits per heavy atom. The normalized spacial score (nSPS) is 10.2. The van der Waals surface area contributed by atoms with Crippen molar-refractivity contribution >= 4 is 11.5 Å². The summed E-state index contributed by atoms with van der Waals surface area (Å²) in [6.45, 7) is 4.15. The number of nitro benzene ring substituents is 1. The van der Waals surface area contributed by atoms with Gasteiger partial charge in [0.25, 0.3) is 5.69 Å². The topological polar surface area (TPSA) is 77.3 Å². The fourth-order valence-corrected chi connectivity index (χ4v) is 1.80. The van der Waals surface area contributed by atoms with Crippen LogP contribution >= 0.6 is 0 Å². The summed E-state index contributed by atoms with van der Waals surface area (Å²) in [4.78, 5) is 14.2. The second-order valence-corrected chi connectivity index (χ2v) is 4.34. The predicted molar refractivity (Wildman–Crippen MR) is 76.3 cm³/mol. The first-order chi connectivity index (χ1) is 10.0. The lowest BCUT2D eigenvalue weighted by Gasteiger charge is -2.09. The smallest absolute Gasteiger partial charge is 0.275 e. The van der Waals surface area contributed by atoms with Gasteiger partial charge >= 0.3 is 0 Å². The summed E-state index contributed by atoms with van der Waals surface area (Å²) in [6, 6.07) is 5.37. The number of nitro groups is 1. The van der Waals surface area contributed by atoms with Crippen LogP contribution in [0.5, 0.6) is 11.5 Å². The molecule has 0 fully saturated rings. The zero-order valence-electron chi connectivity index (χ0n) is 11.6. The second-order valence-electron chi connectivity index (χ2n) is 4.34. The van der Waals surface area contributed by atoms with E-state index in [2.05, 4.69) is 10.3 Å². The molecule has 0 bridgehead atoms. The molecule has 1 N–H and O–H groups in total. The molecule has 2 rings (SSSR count). The molecule has 2 aromatic rings. The minimum absolute atomic E-state index is 0.0632. The molecule has 0 aliphatic rings. The molecule has 0 saturated carbocycles. The molecule has 0 aliphatic heterocycles. The van der Waals surface area contributed by atoms with Gasteiger partial charge in [0.05, 0.1) is 11.0 Å². The summed E-state index contributed by atoms with van der Waals surface area (Å²) < 4.78 is 19.3. The van der Waals surface area contributed by atoms with E-state index in [9.17, 15) is 14.5 Å². The number of hydrogen-bond acceptors (Lipinski definition) is 5. The molecule has 0 atom stereocenters. The van der Waals surface area contributed by atoms with Crippen LogP contribution in [0.4, 0.5) is 15.9 Å². The molecule has 0 spiro atoms. The van der Waals surface area contributed by atoms with E-state index >= 15 is 0 Å². The van der Waals surface area contributed by atoms with Gasteiger partial charge in [-0.05, 0) is 26.0 Å². The average molecular weight is 291 g/mol. The molecule has 6 nitrogen and oxygen atoms in total. The summed E-state index contributed by atoms with van der Waals surface area (Å²) in [5.41, 5.74) is 0.0558. The van der Waals surface area contributed by atoms with E-state index in [-0.39, 0.29) is 11.4 Å². The van der Waals surface area contributed by atoms with Gasteiger partial charge in [-0.15, -0.1) is 0 Å². The Morgan fingerprint density at radius 3 is 2.86 bits per heavy atom. The molecule has 1 aromatic carbocycles. The lowest BCUT2D eigenvalue weighted by molar-refractivity contribution is -0.385. The third kappa shape index (κ3) is 3.44. The fourth-order valence-electron chi connectivity index (χ4n) is 1.80. The SMILES string of the molecule is CCNc1cc(Oc2cc(C)c([N+](=O)[O-])cc2F)ccn1. The van der Waals surface area contributed by atoms with Crippen LogP contribution in [0, 0.1) is 22.9 Å². The maximum atomic E-state index is 13.9. The van der Waals surface area contributed by atoms with Crippen molar-refractivity contribution in [2.45, 2.75) is 13.8 Å². The van der Waals surface area contributed by atoms with Crippen molar-refractivity contribution in [3.63, 3.8) is 0 Å². The number of aromatic nitrogens is 1. The van der Waals surface area contributed by atoms with E-state index in [1.54, 1.807) is 12.1 Å². The van der Waals surface area contributed by atoms with Gasteiger partial charge < -0.3 is 10.1 Å². The van der Waals surface area contributed by atoms with E-state index in [0.717, 1.165) is 6.07 Å². The van der Waals surface area contributed by atoms with Gasteiger partial charge in [-0.2, -0.15) is 0 Å². The van der Waals surface area contributed by atoms with E-state index in [0.29, 0.717) is 23.7 Å². The van der Waals surface area contributed by atoms with Gasteiger partial charge in [0.2, 0.25) is 0 Å². The largest absolute Gasteiger partial charge is 0.454 e. The fraction of sp³-hybridized carbons (Fsp3) is 0.214. The Hall–Kier alpha value is -2.70. The molecule has 1 aromatic heterocycles. The number of halogens is 1. The molecule has 1 heterocycles. The van der Waals surface area contributed by atoms with Crippen molar-refractivity contribution in [1.82, 2.24) is 4.98 Å². The summed E-state index contributed by atoms with van der Waals surface area (Å²) in [7, 11) is 0. The maximum absolute atomic E-state index is 13.9. The Kier molecular flexibility index (Phi) is 4.32. The highest BCUT2D eigenvalue weighted by Crippen LogP contribution is 2.30. The zero-order chi connectivity index (χ0) is 15.4. The van der Waals surface area contributed by atoms with Crippen LogP contribution in [0.15, 0.2) is 30.5 Å². The monoisotopic (exact) mass is 291 g/mol. The Balaban J connectivity index is 2.29. The highest BCUT2D eigenvalue weighted by molar-refractivity contribution is 5.48. The van der Waals surface area contributed by atoms with Crippen LogP contribution < -0.4 is 10.1 Å². The van der Waals surface area contributed by atoms with Gasteiger partial charge in [-0.1, -0.05) is 0 Å². The minimum Gasteiger partial charge on any atom is -0.454 e. The third-order valence-electron chi connectivity index (χ3n) is 2.76. The zero-order valence-corrected chi connectivity index (χ0v) is 11.6. The number of rotatable bonds is 5. The minimum atomic E-state index is -0.783. The number of ether oxygens (including phenoxy) is 1. The van der Waals surface area contributed by atoms with Crippen molar-refractivity contribution in [3.8, 4) is 11.5 Å². The first-order valence-corrected chi connectivity index (χ1v) is 6.33. The molecule has 7 heteroatoms. The first kappa shape index (κ1) is 14.7. The molecular weight excluding hydrogens is 277 g/mol. The summed E-state index contributed by atoms with van der Waals surface area (Å²) in [6.07, 6.45) is 1.53. The van der Waals surface area contributed by atoms with Crippen molar-refractivity contribution in [2.24, 2.45) is 0 Å². The number of benzene rings is 1. The Labute approximate surface area is 120 Å². The van der Waals surface area contributed by atoms with Crippen LogP contribution in [0.2, 0.25) is 0 Å². The average Bonchev–Trinajstić information content (AvgIpc) is 2.43. The van der Waals surface area contributed by atoms with Gasteiger partial charge in [0.1, 0.15) is 11.6 Å². The molecule has 0 amide bonds. The van der Waals surface area contributed by atoms with Gasteiger partial charge in [0, 0.05) is 24.4 Å². The number of anilines is 1. The Morgan fingerprint density at radius 1 is 1.43 bits per heavy atom. The highest BCUT2D eigenvalue weighted by Gasteiger charge is 2.16. The number of aryl methyl sites for hydroxylation is 1. The predicted octanol–water partition coefficient (Wildman–Crippen LogP) is 3.66. The standard InChI is InChI=1S/C14H14FN3O3/c1-3-16-14-7-10(4-5-17-14)21-13-6-9(2)12(18(19)20)8-11(13)15/h4-8H,3H2,1-2H3,(H,16,17). The third-order valence-corrected chi connectivity index (χ3v) is 2.76. The molecular formula is C14H14FN3O3. The van der Waals surface area contributed by atoms with Crippen LogP contribution in [0.3, 0.4) is 0 Å². The summed E-state index contributed by atoms with van der Waals surface area (Å²) in [5, 5.41) is 13.8. The second kappa shape index (κ2) is 6.17. The summed E-state index contributed by atoms with van der Waals surface area (Å²) >= 11 is 0. The number of hydrogen-bond donors (Lipinski definition) is 1. The molecule has 110 valence electrons.